The number of benzene rings is 1. The molecule has 1 heterocycles. The summed E-state index contributed by atoms with van der Waals surface area (Å²) in [7, 11) is -1.06. The highest BCUT2D eigenvalue weighted by atomic mass is 32.2. The highest BCUT2D eigenvalue weighted by molar-refractivity contribution is 7.84. The highest BCUT2D eigenvalue weighted by Gasteiger charge is 2.16. The van der Waals surface area contributed by atoms with Crippen LogP contribution in [0, 0.1) is 5.92 Å². The van der Waals surface area contributed by atoms with Gasteiger partial charge in [-0.15, -0.1) is 0 Å². The van der Waals surface area contributed by atoms with Crippen molar-refractivity contribution in [3.05, 3.63) is 48.2 Å². The molecule has 2 aromatic rings. The second-order valence-electron chi connectivity index (χ2n) is 6.60. The van der Waals surface area contributed by atoms with Crippen LogP contribution in [0.4, 0.5) is 5.82 Å². The smallest absolute Gasteiger partial charge is 0.256 e. The molecule has 5 nitrogen and oxygen atoms in total. The van der Waals surface area contributed by atoms with E-state index in [0.717, 1.165) is 0 Å². The van der Waals surface area contributed by atoms with Gasteiger partial charge >= 0.3 is 0 Å². The van der Waals surface area contributed by atoms with Gasteiger partial charge in [-0.3, -0.25) is 9.00 Å². The summed E-state index contributed by atoms with van der Waals surface area (Å²) >= 11 is 0. The van der Waals surface area contributed by atoms with Crippen LogP contribution in [0.25, 0.3) is 0 Å². The van der Waals surface area contributed by atoms with Gasteiger partial charge in [0.1, 0.15) is 0 Å². The van der Waals surface area contributed by atoms with Crippen molar-refractivity contribution in [2.24, 2.45) is 5.92 Å². The molecule has 0 radical (unpaired) electrons. The first-order chi connectivity index (χ1) is 12.6. The van der Waals surface area contributed by atoms with Crippen LogP contribution < -0.4 is 10.1 Å². The Morgan fingerprint density at radius 2 is 1.92 bits per heavy atom. The van der Waals surface area contributed by atoms with E-state index < -0.39 is 10.8 Å². The Morgan fingerprint density at radius 3 is 2.62 bits per heavy atom. The molecule has 0 saturated heterocycles. The lowest BCUT2D eigenvalue weighted by molar-refractivity contribution is 0.102. The molecule has 0 bridgehead atoms. The van der Waals surface area contributed by atoms with E-state index in [1.807, 2.05) is 6.07 Å². The first-order valence-electron chi connectivity index (χ1n) is 8.96. The Kier molecular flexibility index (Phi) is 6.39. The second-order valence-corrected chi connectivity index (χ2v) is 7.98. The molecule has 3 rings (SSSR count). The number of hydrogen-bond acceptors (Lipinski definition) is 4. The van der Waals surface area contributed by atoms with E-state index in [1.54, 1.807) is 42.8 Å². The first-order valence-corrected chi connectivity index (χ1v) is 10.5. The summed E-state index contributed by atoms with van der Waals surface area (Å²) < 4.78 is 17.4. The molecule has 6 heteroatoms. The van der Waals surface area contributed by atoms with E-state index in [1.165, 1.54) is 32.1 Å². The molecule has 1 aromatic carbocycles. The van der Waals surface area contributed by atoms with Crippen molar-refractivity contribution < 1.29 is 13.7 Å². The number of hydrogen-bond donors (Lipinski definition) is 1. The Hall–Kier alpha value is -2.21. The largest absolute Gasteiger partial charge is 0.489 e. The number of anilines is 1. The van der Waals surface area contributed by atoms with Gasteiger partial charge in [-0.1, -0.05) is 19.3 Å². The number of pyridine rings is 1. The fourth-order valence-electron chi connectivity index (χ4n) is 3.14. The summed E-state index contributed by atoms with van der Waals surface area (Å²) in [5.41, 5.74) is 0.489. The molecule has 1 amide bonds. The minimum Gasteiger partial charge on any atom is -0.489 e. The van der Waals surface area contributed by atoms with E-state index >= 15 is 0 Å². The van der Waals surface area contributed by atoms with Crippen LogP contribution in [0.15, 0.2) is 47.5 Å². The molecule has 26 heavy (non-hydrogen) atoms. The van der Waals surface area contributed by atoms with Crippen LogP contribution in [0.2, 0.25) is 0 Å². The zero-order chi connectivity index (χ0) is 18.4. The Morgan fingerprint density at radius 1 is 1.19 bits per heavy atom. The second kappa shape index (κ2) is 8.94. The average molecular weight is 372 g/mol. The third-order valence-electron chi connectivity index (χ3n) is 4.65. The fourth-order valence-corrected chi connectivity index (χ4v) is 3.66. The van der Waals surface area contributed by atoms with Gasteiger partial charge in [0.05, 0.1) is 6.61 Å². The van der Waals surface area contributed by atoms with E-state index in [0.29, 0.717) is 34.6 Å². The summed E-state index contributed by atoms with van der Waals surface area (Å²) in [6.07, 6.45) is 9.49. The van der Waals surface area contributed by atoms with Crippen molar-refractivity contribution in [2.45, 2.75) is 37.0 Å². The van der Waals surface area contributed by atoms with Gasteiger partial charge in [-0.05, 0) is 55.2 Å². The average Bonchev–Trinajstić information content (AvgIpc) is 2.68. The van der Waals surface area contributed by atoms with Crippen LogP contribution in [-0.2, 0) is 10.8 Å². The van der Waals surface area contributed by atoms with E-state index in [9.17, 15) is 9.00 Å². The molecular formula is C20H24N2O3S. The third kappa shape index (κ3) is 4.91. The molecule has 1 atom stereocenters. The molecule has 1 unspecified atom stereocenters. The van der Waals surface area contributed by atoms with Crippen LogP contribution in [0.1, 0.15) is 42.5 Å². The molecule has 0 aliphatic heterocycles. The number of carbonyl (C=O) groups excluding carboxylic acids is 1. The van der Waals surface area contributed by atoms with Crippen molar-refractivity contribution in [1.82, 2.24) is 4.98 Å². The highest BCUT2D eigenvalue weighted by Crippen LogP contribution is 2.27. The predicted octanol–water partition coefficient (Wildman–Crippen LogP) is 4.03. The maximum absolute atomic E-state index is 12.5. The van der Waals surface area contributed by atoms with Crippen LogP contribution >= 0.6 is 0 Å². The number of amides is 1. The summed E-state index contributed by atoms with van der Waals surface area (Å²) in [4.78, 5) is 17.4. The van der Waals surface area contributed by atoms with Crippen molar-refractivity contribution >= 4 is 22.5 Å². The van der Waals surface area contributed by atoms with Gasteiger partial charge < -0.3 is 10.1 Å². The number of rotatable bonds is 6. The minimum absolute atomic E-state index is 0.264. The summed E-state index contributed by atoms with van der Waals surface area (Å²) in [5, 5.41) is 2.81. The molecule has 1 saturated carbocycles. The molecule has 1 aliphatic rings. The molecule has 1 N–H and O–H groups in total. The maximum atomic E-state index is 12.5. The van der Waals surface area contributed by atoms with Gasteiger partial charge in [0, 0.05) is 33.7 Å². The third-order valence-corrected chi connectivity index (χ3v) is 5.59. The maximum Gasteiger partial charge on any atom is 0.256 e. The molecule has 1 aromatic heterocycles. The molecular weight excluding hydrogens is 348 g/mol. The van der Waals surface area contributed by atoms with Gasteiger partial charge in [-0.25, -0.2) is 4.98 Å². The minimum atomic E-state index is -1.06. The Bertz CT molecular complexity index is 771. The van der Waals surface area contributed by atoms with E-state index in [-0.39, 0.29) is 5.91 Å². The van der Waals surface area contributed by atoms with Crippen molar-refractivity contribution in [3.63, 3.8) is 0 Å². The van der Waals surface area contributed by atoms with Gasteiger partial charge in [0.15, 0.2) is 11.6 Å². The van der Waals surface area contributed by atoms with Crippen LogP contribution in [0.3, 0.4) is 0 Å². The normalized spacial score (nSPS) is 16.0. The van der Waals surface area contributed by atoms with Crippen molar-refractivity contribution in [3.8, 4) is 5.75 Å². The topological polar surface area (TPSA) is 68.3 Å². The SMILES string of the molecule is CS(=O)c1ccc(C(=O)Nc2ncccc2OCC2CCCCC2)cc1. The zero-order valence-corrected chi connectivity index (χ0v) is 15.8. The fraction of sp³-hybridized carbons (Fsp3) is 0.400. The van der Waals surface area contributed by atoms with Crippen molar-refractivity contribution in [2.75, 3.05) is 18.2 Å². The lowest BCUT2D eigenvalue weighted by Crippen LogP contribution is -2.17. The number of aromatic nitrogens is 1. The van der Waals surface area contributed by atoms with Crippen molar-refractivity contribution in [1.29, 1.82) is 0 Å². The molecule has 138 valence electrons. The summed E-state index contributed by atoms with van der Waals surface area (Å²) in [6, 6.07) is 10.4. The van der Waals surface area contributed by atoms with Gasteiger partial charge in [-0.2, -0.15) is 0 Å². The Labute approximate surface area is 156 Å². The first kappa shape index (κ1) is 18.6. The molecule has 0 spiro atoms. The molecule has 1 fully saturated rings. The quantitative estimate of drug-likeness (QED) is 0.831. The van der Waals surface area contributed by atoms with Crippen LogP contribution in [0.5, 0.6) is 5.75 Å². The monoisotopic (exact) mass is 372 g/mol. The standard InChI is InChI=1S/C20H24N2O3S/c1-26(24)17-11-9-16(10-12-17)20(23)22-19-18(8-5-13-21-19)25-14-15-6-3-2-4-7-15/h5,8-13,15H,2-4,6-7,14H2,1H3,(H,21,22,23). The number of carbonyl (C=O) groups is 1. The predicted molar refractivity (Wildman–Crippen MR) is 103 cm³/mol. The summed E-state index contributed by atoms with van der Waals surface area (Å²) in [6.45, 7) is 0.658. The number of nitrogens with one attached hydrogen (secondary N) is 1. The lowest BCUT2D eigenvalue weighted by Gasteiger charge is -2.22. The number of ether oxygens (including phenoxy) is 1. The summed E-state index contributed by atoms with van der Waals surface area (Å²) in [5.74, 6) is 1.34. The van der Waals surface area contributed by atoms with E-state index in [2.05, 4.69) is 10.3 Å². The van der Waals surface area contributed by atoms with Gasteiger partial charge in [0.2, 0.25) is 0 Å². The lowest BCUT2D eigenvalue weighted by atomic mass is 9.90. The van der Waals surface area contributed by atoms with Gasteiger partial charge in [0.25, 0.3) is 5.91 Å². The van der Waals surface area contributed by atoms with E-state index in [4.69, 9.17) is 4.74 Å². The molecule has 1 aliphatic carbocycles. The van der Waals surface area contributed by atoms with Crippen LogP contribution in [-0.4, -0.2) is 28.0 Å². The number of nitrogens with zero attached hydrogens (tertiary/aromatic N) is 1. The zero-order valence-electron chi connectivity index (χ0n) is 14.9. The Balaban J connectivity index is 1.65.